The van der Waals surface area contributed by atoms with Gasteiger partial charge in [0.1, 0.15) is 16.9 Å². The maximum Gasteiger partial charge on any atom is 0.238 e. The van der Waals surface area contributed by atoms with Crippen LogP contribution in [0.15, 0.2) is 387 Å². The third kappa shape index (κ3) is 11.5. The van der Waals surface area contributed by atoms with Gasteiger partial charge in [-0.15, -0.1) is 11.3 Å². The minimum Gasteiger partial charge on any atom is -0.455 e. The lowest BCUT2D eigenvalue weighted by molar-refractivity contribution is 0.660. The molecule has 8 heterocycles. The average molecular weight is 1710 g/mol. The molecule has 0 saturated carbocycles. The molecular formula is C119H81N11OS. The molecule has 132 heavy (non-hydrogen) atoms. The molecule has 0 saturated heterocycles. The Morgan fingerprint density at radius 3 is 1.11 bits per heavy atom. The highest BCUT2D eigenvalue weighted by molar-refractivity contribution is 7.26. The van der Waals surface area contributed by atoms with Gasteiger partial charge in [0.05, 0.1) is 49.7 Å². The standard InChI is InChI=1S/C42H28N4O.C42H28N4S.C35H25N3/c2*1-42(2)32-20-9-6-17-30(32)36-33(42)24-23-28-26-15-7-10-21-34(26)46(37(28)36)41-44-39(25-13-4-3-5-14-25)43-40(45-41)31-19-12-18-29-27-16-8-11-22-35(27)47-38(29)31;1-35(2)26-16-8-6-15-25(26)31-27(35)21-20-24-23-14-7-11-19-30(23)38(33(24)31)34-32(22-12-4-3-5-13-22)36-28-17-9-10-18-29(28)37-34/h2*3-24H,1-2H3;3-21H,1-2H3. The van der Waals surface area contributed by atoms with Crippen LogP contribution in [0.1, 0.15) is 74.9 Å². The predicted molar refractivity (Wildman–Crippen MR) is 542 cm³/mol. The minimum atomic E-state index is -0.141. The maximum atomic E-state index is 6.47. The van der Waals surface area contributed by atoms with Crippen molar-refractivity contribution in [3.05, 3.63) is 416 Å². The van der Waals surface area contributed by atoms with E-state index in [0.717, 1.165) is 105 Å². The number of nitrogens with zero attached hydrogens (tertiary/aromatic N) is 11. The van der Waals surface area contributed by atoms with Gasteiger partial charge in [-0.05, 0) is 105 Å². The zero-order valence-corrected chi connectivity index (χ0v) is 73.9. The van der Waals surface area contributed by atoms with Gasteiger partial charge in [-0.1, -0.05) is 369 Å². The molecule has 0 fully saturated rings. The summed E-state index contributed by atoms with van der Waals surface area (Å²) in [6.45, 7) is 14.0. The molecular weight excluding hydrogens is 1630 g/mol. The van der Waals surface area contributed by atoms with Gasteiger partial charge < -0.3 is 4.42 Å². The summed E-state index contributed by atoms with van der Waals surface area (Å²) in [4.78, 5) is 41.9. The highest BCUT2D eigenvalue weighted by Crippen LogP contribution is 2.57. The monoisotopic (exact) mass is 1710 g/mol. The Labute approximate surface area is 763 Å². The van der Waals surface area contributed by atoms with E-state index in [1.165, 1.54) is 119 Å². The molecule has 0 N–H and O–H groups in total. The van der Waals surface area contributed by atoms with E-state index >= 15 is 0 Å². The van der Waals surface area contributed by atoms with Gasteiger partial charge in [0.25, 0.3) is 0 Å². The van der Waals surface area contributed by atoms with E-state index in [0.29, 0.717) is 35.2 Å². The van der Waals surface area contributed by atoms with Crippen molar-refractivity contribution in [1.29, 1.82) is 0 Å². The Bertz CT molecular complexity index is 8770. The molecule has 624 valence electrons. The largest absolute Gasteiger partial charge is 0.455 e. The average Bonchev–Trinajstić information content (AvgIpc) is 1.54. The lowest BCUT2D eigenvalue weighted by Gasteiger charge is -2.21. The summed E-state index contributed by atoms with van der Waals surface area (Å²) in [5.41, 5.74) is 31.1. The number of benzene rings is 17. The Morgan fingerprint density at radius 2 is 0.606 bits per heavy atom. The number of hydrogen-bond donors (Lipinski definition) is 0. The number of furan rings is 1. The van der Waals surface area contributed by atoms with Gasteiger partial charge in [-0.2, -0.15) is 19.9 Å². The summed E-state index contributed by atoms with van der Waals surface area (Å²) in [7, 11) is 0. The van der Waals surface area contributed by atoms with Crippen molar-refractivity contribution in [3.8, 4) is 108 Å². The quantitative estimate of drug-likeness (QED) is 0.146. The molecule has 0 bridgehead atoms. The minimum absolute atomic E-state index is 0.0846. The van der Waals surface area contributed by atoms with Crippen LogP contribution < -0.4 is 0 Å². The molecule has 0 atom stereocenters. The SMILES string of the molecule is CC1(C)c2ccccc2-c2c1ccc1c3ccccc3n(-c3nc(-c4ccccc4)nc(-c4cccc5c4oc4ccccc45)n3)c21.CC1(C)c2ccccc2-c2c1ccc1c3ccccc3n(-c3nc(-c4ccccc4)nc(-c4cccc5c4sc4ccccc45)n3)c21.CC1(C)c2ccccc2-c2c1ccc1c3ccccc3n(-c3nc4ccccc4nc3-c3ccccc3)c21. The fourth-order valence-corrected chi connectivity index (χ4v) is 23.0. The van der Waals surface area contributed by atoms with Gasteiger partial charge in [0, 0.05) is 118 Å². The zero-order chi connectivity index (χ0) is 88.0. The molecule has 25 aromatic rings. The predicted octanol–water partition coefficient (Wildman–Crippen LogP) is 30.2. The Balaban J connectivity index is 0.000000104. The van der Waals surface area contributed by atoms with Crippen molar-refractivity contribution >= 4 is 130 Å². The second kappa shape index (κ2) is 29.3. The number of fused-ring (bicyclic) bond motifs is 28. The normalized spacial score (nSPS) is 13.6. The van der Waals surface area contributed by atoms with E-state index in [4.69, 9.17) is 44.3 Å². The van der Waals surface area contributed by atoms with Crippen molar-refractivity contribution in [2.45, 2.75) is 57.8 Å². The fraction of sp³-hybridized carbons (Fsp3) is 0.0756. The smallest absolute Gasteiger partial charge is 0.238 e. The fourth-order valence-electron chi connectivity index (χ4n) is 21.7. The van der Waals surface area contributed by atoms with Gasteiger partial charge in [-0.3, -0.25) is 13.7 Å². The summed E-state index contributed by atoms with van der Waals surface area (Å²) in [5, 5.41) is 11.8. The van der Waals surface area contributed by atoms with Crippen molar-refractivity contribution in [1.82, 2.24) is 53.6 Å². The first-order chi connectivity index (χ1) is 64.8. The number of aromatic nitrogens is 11. The van der Waals surface area contributed by atoms with Crippen molar-refractivity contribution < 1.29 is 4.42 Å². The molecule has 0 amide bonds. The zero-order valence-electron chi connectivity index (χ0n) is 73.1. The van der Waals surface area contributed by atoms with E-state index in [1.807, 2.05) is 97.1 Å². The highest BCUT2D eigenvalue weighted by atomic mass is 32.1. The van der Waals surface area contributed by atoms with E-state index in [9.17, 15) is 0 Å². The van der Waals surface area contributed by atoms with E-state index in [1.54, 1.807) is 11.3 Å². The van der Waals surface area contributed by atoms with Crippen LogP contribution in [0.25, 0.3) is 226 Å². The third-order valence-corrected chi connectivity index (χ3v) is 29.2. The maximum absolute atomic E-state index is 6.47. The number of para-hydroxylation sites is 7. The first-order valence-electron chi connectivity index (χ1n) is 45.1. The van der Waals surface area contributed by atoms with Gasteiger partial charge in [-0.25, -0.2) is 19.9 Å². The van der Waals surface area contributed by atoms with Crippen molar-refractivity contribution in [2.24, 2.45) is 0 Å². The Morgan fingerprint density at radius 1 is 0.242 bits per heavy atom. The molecule has 3 aliphatic rings. The number of hydrogen-bond acceptors (Lipinski definition) is 10. The van der Waals surface area contributed by atoms with Crippen LogP contribution in [0.5, 0.6) is 0 Å². The molecule has 0 spiro atoms. The first-order valence-corrected chi connectivity index (χ1v) is 45.9. The van der Waals surface area contributed by atoms with Crippen molar-refractivity contribution in [3.63, 3.8) is 0 Å². The molecule has 8 aromatic heterocycles. The van der Waals surface area contributed by atoms with Crippen LogP contribution in [0.3, 0.4) is 0 Å². The van der Waals surface area contributed by atoms with Crippen LogP contribution in [0, 0.1) is 0 Å². The Hall–Kier alpha value is -16.5. The third-order valence-electron chi connectivity index (χ3n) is 28.0. The van der Waals surface area contributed by atoms with Gasteiger partial charge in [0.15, 0.2) is 29.1 Å². The lowest BCUT2D eigenvalue weighted by atomic mass is 9.82. The summed E-state index contributed by atoms with van der Waals surface area (Å²) >= 11 is 1.79. The molecule has 28 rings (SSSR count). The molecule has 17 aromatic carbocycles. The summed E-state index contributed by atoms with van der Waals surface area (Å²) in [5.74, 6) is 4.55. The van der Waals surface area contributed by atoms with Gasteiger partial charge in [0.2, 0.25) is 11.9 Å². The Kier molecular flexibility index (Phi) is 17.0. The summed E-state index contributed by atoms with van der Waals surface area (Å²) < 4.78 is 15.8. The van der Waals surface area contributed by atoms with Crippen LogP contribution in [-0.2, 0) is 16.2 Å². The topological polar surface area (TPSA) is 131 Å². The van der Waals surface area contributed by atoms with Crippen LogP contribution in [0.4, 0.5) is 0 Å². The van der Waals surface area contributed by atoms with Crippen molar-refractivity contribution in [2.75, 3.05) is 0 Å². The summed E-state index contributed by atoms with van der Waals surface area (Å²) in [6.07, 6.45) is 0. The lowest BCUT2D eigenvalue weighted by Crippen LogP contribution is -2.14. The highest BCUT2D eigenvalue weighted by Gasteiger charge is 2.42. The second-order valence-corrected chi connectivity index (χ2v) is 37.4. The molecule has 0 unspecified atom stereocenters. The number of rotatable bonds is 8. The summed E-state index contributed by atoms with van der Waals surface area (Å²) in [6, 6.07) is 135. The van der Waals surface area contributed by atoms with E-state index in [2.05, 4.69) is 340 Å². The molecule has 0 radical (unpaired) electrons. The van der Waals surface area contributed by atoms with E-state index < -0.39 is 0 Å². The molecule has 0 aliphatic heterocycles. The second-order valence-electron chi connectivity index (χ2n) is 36.3. The van der Waals surface area contributed by atoms with E-state index in [-0.39, 0.29) is 16.2 Å². The molecule has 13 heteroatoms. The van der Waals surface area contributed by atoms with Crippen LogP contribution in [-0.4, -0.2) is 53.6 Å². The molecule has 12 nitrogen and oxygen atoms in total. The van der Waals surface area contributed by atoms with Crippen LogP contribution in [0.2, 0.25) is 0 Å². The first kappa shape index (κ1) is 76.7. The van der Waals surface area contributed by atoms with Crippen LogP contribution >= 0.6 is 11.3 Å². The van der Waals surface area contributed by atoms with Gasteiger partial charge >= 0.3 is 0 Å². The number of thiophene rings is 1. The molecule has 3 aliphatic carbocycles.